The maximum absolute atomic E-state index is 11.8. The van der Waals surface area contributed by atoms with Crippen LogP contribution in [0.3, 0.4) is 0 Å². The zero-order valence-corrected chi connectivity index (χ0v) is 12.6. The number of nitro groups is 1. The molecular weight excluding hydrogens is 290 g/mol. The lowest BCUT2D eigenvalue weighted by Crippen LogP contribution is -2.21. The van der Waals surface area contributed by atoms with E-state index in [1.165, 1.54) is 24.3 Å². The second kappa shape index (κ2) is 6.85. The van der Waals surface area contributed by atoms with Crippen LogP contribution in [0, 0.1) is 10.1 Å². The molecule has 7 nitrogen and oxygen atoms in total. The molecule has 0 aromatic heterocycles. The van der Waals surface area contributed by atoms with Crippen molar-refractivity contribution in [3.8, 4) is 0 Å². The number of ether oxygens (including phenoxy) is 3. The fraction of sp³-hybridized carbons (Fsp3) is 0.533. The molecule has 1 aromatic carbocycles. The second-order valence-corrected chi connectivity index (χ2v) is 5.53. The van der Waals surface area contributed by atoms with Crippen LogP contribution in [0.2, 0.25) is 0 Å². The first-order chi connectivity index (χ1) is 10.4. The third-order valence-electron chi connectivity index (χ3n) is 3.28. The molecule has 1 saturated heterocycles. The van der Waals surface area contributed by atoms with E-state index in [-0.39, 0.29) is 18.4 Å². The van der Waals surface area contributed by atoms with Gasteiger partial charge in [-0.3, -0.25) is 10.1 Å². The number of carbonyl (C=O) groups excluding carboxylic acids is 1. The smallest absolute Gasteiger partial charge is 0.338 e. The second-order valence-electron chi connectivity index (χ2n) is 5.53. The molecule has 1 atom stereocenters. The zero-order chi connectivity index (χ0) is 16.2. The van der Waals surface area contributed by atoms with Gasteiger partial charge in [-0.1, -0.05) is 0 Å². The molecule has 1 heterocycles. The van der Waals surface area contributed by atoms with Gasteiger partial charge in [-0.15, -0.1) is 0 Å². The number of esters is 1. The molecule has 1 fully saturated rings. The minimum atomic E-state index is -0.542. The Morgan fingerprint density at radius 2 is 2.09 bits per heavy atom. The van der Waals surface area contributed by atoms with Crippen LogP contribution >= 0.6 is 0 Å². The molecule has 2 rings (SSSR count). The summed E-state index contributed by atoms with van der Waals surface area (Å²) in [5.41, 5.74) is 0.240. The van der Waals surface area contributed by atoms with Crippen LogP contribution in [0.5, 0.6) is 0 Å². The van der Waals surface area contributed by atoms with Crippen LogP contribution in [-0.4, -0.2) is 36.0 Å². The van der Waals surface area contributed by atoms with E-state index in [1.54, 1.807) is 0 Å². The number of non-ortho nitro benzene ring substituents is 1. The minimum absolute atomic E-state index is 0.0214. The highest BCUT2D eigenvalue weighted by Crippen LogP contribution is 2.24. The van der Waals surface area contributed by atoms with Gasteiger partial charge in [-0.05, 0) is 38.8 Å². The Hall–Kier alpha value is -1.99. The van der Waals surface area contributed by atoms with Crippen LogP contribution in [0.25, 0.3) is 0 Å². The average Bonchev–Trinajstić information content (AvgIpc) is 2.83. The molecule has 0 bridgehead atoms. The fourth-order valence-corrected chi connectivity index (χ4v) is 2.18. The molecular formula is C15H19NO6. The van der Waals surface area contributed by atoms with Gasteiger partial charge < -0.3 is 14.2 Å². The standard InChI is InChI=1S/C15H19NO6/c1-15(2)21-10-13(22-15)4-3-9-20-14(17)11-5-7-12(8-6-11)16(18)19/h5-8,13H,3-4,9-10H2,1-2H3. The predicted octanol–water partition coefficient (Wildman–Crippen LogP) is 2.68. The summed E-state index contributed by atoms with van der Waals surface area (Å²) in [4.78, 5) is 21.8. The summed E-state index contributed by atoms with van der Waals surface area (Å²) in [7, 11) is 0. The highest BCUT2D eigenvalue weighted by molar-refractivity contribution is 5.89. The molecule has 0 radical (unpaired) electrons. The molecule has 120 valence electrons. The highest BCUT2D eigenvalue weighted by Gasteiger charge is 2.32. The molecule has 0 amide bonds. The van der Waals surface area contributed by atoms with Crippen molar-refractivity contribution in [2.75, 3.05) is 13.2 Å². The van der Waals surface area contributed by atoms with Crippen LogP contribution in [-0.2, 0) is 14.2 Å². The molecule has 7 heteroatoms. The number of benzene rings is 1. The minimum Gasteiger partial charge on any atom is -0.462 e. The molecule has 1 aliphatic rings. The summed E-state index contributed by atoms with van der Waals surface area (Å²) in [6.07, 6.45) is 1.44. The number of rotatable bonds is 6. The fourth-order valence-electron chi connectivity index (χ4n) is 2.18. The third-order valence-corrected chi connectivity index (χ3v) is 3.28. The van der Waals surface area contributed by atoms with Crippen LogP contribution in [0.15, 0.2) is 24.3 Å². The molecule has 0 aliphatic carbocycles. The SMILES string of the molecule is CC1(C)OCC(CCCOC(=O)c2ccc([N+](=O)[O-])cc2)O1. The lowest BCUT2D eigenvalue weighted by atomic mass is 10.2. The Balaban J connectivity index is 1.70. The van der Waals surface area contributed by atoms with Crippen molar-refractivity contribution < 1.29 is 23.9 Å². The topological polar surface area (TPSA) is 87.9 Å². The highest BCUT2D eigenvalue weighted by atomic mass is 16.7. The third kappa shape index (κ3) is 4.51. The van der Waals surface area contributed by atoms with Crippen LogP contribution in [0.1, 0.15) is 37.0 Å². The lowest BCUT2D eigenvalue weighted by molar-refractivity contribution is -0.384. The number of hydrogen-bond donors (Lipinski definition) is 0. The first-order valence-electron chi connectivity index (χ1n) is 7.11. The van der Waals surface area contributed by atoms with Gasteiger partial charge in [0.2, 0.25) is 0 Å². The first kappa shape index (κ1) is 16.4. The normalized spacial score (nSPS) is 19.8. The van der Waals surface area contributed by atoms with Gasteiger partial charge in [0.1, 0.15) is 0 Å². The van der Waals surface area contributed by atoms with E-state index in [1.807, 2.05) is 13.8 Å². The average molecular weight is 309 g/mol. The monoisotopic (exact) mass is 309 g/mol. The van der Waals surface area contributed by atoms with Crippen molar-refractivity contribution in [3.05, 3.63) is 39.9 Å². The summed E-state index contributed by atoms with van der Waals surface area (Å²) >= 11 is 0. The Morgan fingerprint density at radius 3 is 2.64 bits per heavy atom. The lowest BCUT2D eigenvalue weighted by Gasteiger charge is -2.16. The summed E-state index contributed by atoms with van der Waals surface area (Å²) in [6.45, 7) is 4.54. The van der Waals surface area contributed by atoms with Gasteiger partial charge >= 0.3 is 5.97 Å². The molecule has 0 spiro atoms. The first-order valence-corrected chi connectivity index (χ1v) is 7.11. The van der Waals surface area contributed by atoms with Gasteiger partial charge in [0.15, 0.2) is 5.79 Å². The summed E-state index contributed by atoms with van der Waals surface area (Å²) in [6, 6.07) is 5.33. The summed E-state index contributed by atoms with van der Waals surface area (Å²) in [5, 5.41) is 10.5. The molecule has 22 heavy (non-hydrogen) atoms. The van der Waals surface area contributed by atoms with E-state index in [0.717, 1.165) is 6.42 Å². The van der Waals surface area contributed by atoms with Crippen molar-refractivity contribution in [2.24, 2.45) is 0 Å². The predicted molar refractivity (Wildman–Crippen MR) is 77.5 cm³/mol. The molecule has 0 N–H and O–H groups in total. The Labute approximate surface area is 128 Å². The van der Waals surface area contributed by atoms with E-state index in [0.29, 0.717) is 18.6 Å². The van der Waals surface area contributed by atoms with Gasteiger partial charge in [-0.25, -0.2) is 4.79 Å². The quantitative estimate of drug-likeness (QED) is 0.347. The number of hydrogen-bond acceptors (Lipinski definition) is 6. The van der Waals surface area contributed by atoms with Crippen molar-refractivity contribution in [3.63, 3.8) is 0 Å². The number of carbonyl (C=O) groups is 1. The Morgan fingerprint density at radius 1 is 1.41 bits per heavy atom. The number of nitro benzene ring substituents is 1. The maximum Gasteiger partial charge on any atom is 0.338 e. The van der Waals surface area contributed by atoms with E-state index in [4.69, 9.17) is 14.2 Å². The molecule has 1 unspecified atom stereocenters. The van der Waals surface area contributed by atoms with Gasteiger partial charge in [0.25, 0.3) is 5.69 Å². The molecule has 0 saturated carbocycles. The summed E-state index contributed by atoms with van der Waals surface area (Å²) < 4.78 is 16.2. The van der Waals surface area contributed by atoms with Crippen molar-refractivity contribution in [1.29, 1.82) is 0 Å². The van der Waals surface area contributed by atoms with Gasteiger partial charge in [-0.2, -0.15) is 0 Å². The van der Waals surface area contributed by atoms with Crippen LogP contribution in [0.4, 0.5) is 5.69 Å². The Bertz CT molecular complexity index is 539. The van der Waals surface area contributed by atoms with E-state index >= 15 is 0 Å². The van der Waals surface area contributed by atoms with Gasteiger partial charge in [0.05, 0.1) is 29.8 Å². The van der Waals surface area contributed by atoms with E-state index in [9.17, 15) is 14.9 Å². The van der Waals surface area contributed by atoms with E-state index in [2.05, 4.69) is 0 Å². The zero-order valence-electron chi connectivity index (χ0n) is 12.6. The van der Waals surface area contributed by atoms with Gasteiger partial charge in [0, 0.05) is 12.1 Å². The summed E-state index contributed by atoms with van der Waals surface area (Å²) in [5.74, 6) is -1.03. The molecule has 1 aromatic rings. The maximum atomic E-state index is 11.8. The Kier molecular flexibility index (Phi) is 5.10. The molecule has 1 aliphatic heterocycles. The van der Waals surface area contributed by atoms with Crippen molar-refractivity contribution in [2.45, 2.75) is 38.6 Å². The van der Waals surface area contributed by atoms with Crippen LogP contribution < -0.4 is 0 Å². The van der Waals surface area contributed by atoms with E-state index < -0.39 is 16.7 Å². The number of nitrogens with zero attached hydrogens (tertiary/aromatic N) is 1. The largest absolute Gasteiger partial charge is 0.462 e. The van der Waals surface area contributed by atoms with Crippen molar-refractivity contribution >= 4 is 11.7 Å². The van der Waals surface area contributed by atoms with Crippen molar-refractivity contribution in [1.82, 2.24) is 0 Å².